The third-order valence-corrected chi connectivity index (χ3v) is 9.63. The van der Waals surface area contributed by atoms with Gasteiger partial charge in [-0.15, -0.1) is 5.16 Å². The summed E-state index contributed by atoms with van der Waals surface area (Å²) in [5, 5.41) is 14.5. The number of oxime groups is 1. The lowest BCUT2D eigenvalue weighted by Gasteiger charge is -2.44. The van der Waals surface area contributed by atoms with Crippen LogP contribution in [-0.4, -0.2) is 25.8 Å². The fraction of sp³-hybridized carbons (Fsp3) is 0.318. The summed E-state index contributed by atoms with van der Waals surface area (Å²) in [5.74, 6) is 0. The second kappa shape index (κ2) is 8.97. The minimum atomic E-state index is -2.59. The van der Waals surface area contributed by atoms with Gasteiger partial charge >= 0.3 is 0 Å². The summed E-state index contributed by atoms with van der Waals surface area (Å²) in [6.07, 6.45) is 5.92. The Kier molecular flexibility index (Phi) is 6.95. The molecule has 2 aromatic rings. The monoisotopic (exact) mass is 367 g/mol. The lowest BCUT2D eigenvalue weighted by molar-refractivity contribution is 0.239. The third-order valence-electron chi connectivity index (χ3n) is 4.57. The largest absolute Gasteiger partial charge is 0.411 e. The first kappa shape index (κ1) is 20.1. The third kappa shape index (κ3) is 4.32. The molecule has 0 saturated heterocycles. The molecule has 0 radical (unpaired) electrons. The van der Waals surface area contributed by atoms with E-state index in [4.69, 9.17) is 9.63 Å². The Balaban J connectivity index is 2.67. The van der Waals surface area contributed by atoms with E-state index < -0.39 is 8.32 Å². The molecule has 0 aliphatic heterocycles. The van der Waals surface area contributed by atoms with E-state index in [9.17, 15) is 0 Å². The summed E-state index contributed by atoms with van der Waals surface area (Å²) in [6.45, 7) is 8.75. The summed E-state index contributed by atoms with van der Waals surface area (Å²) in [6, 6.07) is 21.1. The minimum Gasteiger partial charge on any atom is -0.411 e. The molecule has 0 aliphatic rings. The highest BCUT2D eigenvalue weighted by atomic mass is 28.4. The molecule has 1 N–H and O–H groups in total. The first-order valence-electron chi connectivity index (χ1n) is 9.03. The first-order valence-corrected chi connectivity index (χ1v) is 10.9. The summed E-state index contributed by atoms with van der Waals surface area (Å²) >= 11 is 0. The zero-order valence-corrected chi connectivity index (χ0v) is 17.1. The molecule has 3 nitrogen and oxygen atoms in total. The van der Waals surface area contributed by atoms with Crippen molar-refractivity contribution in [2.75, 3.05) is 0 Å². The van der Waals surface area contributed by atoms with Crippen molar-refractivity contribution in [3.05, 3.63) is 72.8 Å². The van der Waals surface area contributed by atoms with Crippen LogP contribution in [0.25, 0.3) is 0 Å². The van der Waals surface area contributed by atoms with E-state index in [1.54, 1.807) is 0 Å². The smallest absolute Gasteiger partial charge is 0.261 e. The van der Waals surface area contributed by atoms with Gasteiger partial charge in [0.05, 0.1) is 6.10 Å². The fourth-order valence-electron chi connectivity index (χ4n) is 3.45. The molecule has 0 amide bonds. The maximum Gasteiger partial charge on any atom is 0.261 e. The molecule has 0 fully saturated rings. The molecule has 0 heterocycles. The van der Waals surface area contributed by atoms with Crippen LogP contribution in [0.2, 0.25) is 5.04 Å². The minimum absolute atomic E-state index is 0.0775. The maximum absolute atomic E-state index is 8.88. The van der Waals surface area contributed by atoms with Gasteiger partial charge in [0, 0.05) is 12.6 Å². The van der Waals surface area contributed by atoms with Crippen molar-refractivity contribution < 1.29 is 9.63 Å². The van der Waals surface area contributed by atoms with Crippen LogP contribution in [0, 0.1) is 0 Å². The summed E-state index contributed by atoms with van der Waals surface area (Å²) in [7, 11) is -2.59. The predicted octanol–water partition coefficient (Wildman–Crippen LogP) is 4.36. The van der Waals surface area contributed by atoms with Gasteiger partial charge in [0.1, 0.15) is 0 Å². The van der Waals surface area contributed by atoms with Crippen molar-refractivity contribution in [2.24, 2.45) is 5.16 Å². The SMILES string of the molecule is C/C=C/C(C/C=N/O)O[Si](c1ccccc1)(c1ccccc1)C(C)(C)C. The normalized spacial score (nSPS) is 14.2. The van der Waals surface area contributed by atoms with Crippen molar-refractivity contribution in [3.63, 3.8) is 0 Å². The van der Waals surface area contributed by atoms with Crippen LogP contribution in [-0.2, 0) is 4.43 Å². The molecule has 0 bridgehead atoms. The second-order valence-electron chi connectivity index (χ2n) is 7.38. The van der Waals surface area contributed by atoms with Gasteiger partial charge in [-0.1, -0.05) is 93.6 Å². The highest BCUT2D eigenvalue weighted by Gasteiger charge is 2.51. The zero-order chi connectivity index (χ0) is 19.0. The highest BCUT2D eigenvalue weighted by molar-refractivity contribution is 6.99. The fourth-order valence-corrected chi connectivity index (χ4v) is 8.09. The Morgan fingerprint density at radius 1 is 1.00 bits per heavy atom. The van der Waals surface area contributed by atoms with Crippen molar-refractivity contribution >= 4 is 24.9 Å². The van der Waals surface area contributed by atoms with Gasteiger partial charge in [0.2, 0.25) is 0 Å². The van der Waals surface area contributed by atoms with Crippen LogP contribution in [0.1, 0.15) is 34.1 Å². The summed E-state index contributed by atoms with van der Waals surface area (Å²) in [5.41, 5.74) is 0. The van der Waals surface area contributed by atoms with E-state index in [2.05, 4.69) is 74.5 Å². The summed E-state index contributed by atoms with van der Waals surface area (Å²) in [4.78, 5) is 0. The zero-order valence-electron chi connectivity index (χ0n) is 16.1. The molecular formula is C22H29NO2Si. The first-order chi connectivity index (χ1) is 12.5. The van der Waals surface area contributed by atoms with Gasteiger partial charge in [0.25, 0.3) is 8.32 Å². The van der Waals surface area contributed by atoms with Crippen molar-refractivity contribution in [1.82, 2.24) is 0 Å². The number of allylic oxidation sites excluding steroid dienone is 1. The Hall–Kier alpha value is -2.17. The van der Waals surface area contributed by atoms with Crippen LogP contribution in [0.4, 0.5) is 0 Å². The Morgan fingerprint density at radius 3 is 1.88 bits per heavy atom. The average Bonchev–Trinajstić information content (AvgIpc) is 2.64. The van der Waals surface area contributed by atoms with Gasteiger partial charge in [-0.2, -0.15) is 0 Å². The Bertz CT molecular complexity index is 681. The second-order valence-corrected chi connectivity index (χ2v) is 11.6. The quantitative estimate of drug-likeness (QED) is 0.260. The topological polar surface area (TPSA) is 41.8 Å². The molecule has 0 aromatic heterocycles. The molecule has 138 valence electrons. The van der Waals surface area contributed by atoms with Crippen molar-refractivity contribution in [2.45, 2.75) is 45.3 Å². The lowest BCUT2D eigenvalue weighted by atomic mass is 10.2. The van der Waals surface area contributed by atoms with Crippen LogP contribution < -0.4 is 10.4 Å². The standard InChI is InChI=1S/C22H29NO2Si/c1-5-12-19(17-18-23-24)25-26(22(2,3)4,20-13-8-6-9-14-20)21-15-10-7-11-16-21/h5-16,18-19,24H,17H2,1-4H3/b12-5+,23-18+. The Labute approximate surface area is 158 Å². The molecule has 2 rings (SSSR count). The van der Waals surface area contributed by atoms with E-state index in [0.717, 1.165) is 0 Å². The van der Waals surface area contributed by atoms with E-state index in [1.807, 2.05) is 31.2 Å². The van der Waals surface area contributed by atoms with Crippen molar-refractivity contribution in [3.8, 4) is 0 Å². The number of rotatable bonds is 7. The average molecular weight is 368 g/mol. The predicted molar refractivity (Wildman–Crippen MR) is 112 cm³/mol. The molecule has 0 aliphatic carbocycles. The van der Waals surface area contributed by atoms with E-state index in [1.165, 1.54) is 16.6 Å². The van der Waals surface area contributed by atoms with Gasteiger partial charge in [-0.25, -0.2) is 0 Å². The number of nitrogens with zero attached hydrogens (tertiary/aromatic N) is 1. The van der Waals surface area contributed by atoms with Gasteiger partial charge in [-0.05, 0) is 22.3 Å². The van der Waals surface area contributed by atoms with E-state index in [-0.39, 0.29) is 11.1 Å². The Morgan fingerprint density at radius 2 is 1.50 bits per heavy atom. The molecule has 0 saturated carbocycles. The molecule has 1 unspecified atom stereocenters. The number of benzene rings is 2. The molecule has 1 atom stereocenters. The molecule has 26 heavy (non-hydrogen) atoms. The van der Waals surface area contributed by atoms with Gasteiger partial charge in [0.15, 0.2) is 0 Å². The van der Waals surface area contributed by atoms with Crippen LogP contribution in [0.3, 0.4) is 0 Å². The molecule has 4 heteroatoms. The summed E-state index contributed by atoms with van der Waals surface area (Å²) < 4.78 is 6.97. The molecule has 2 aromatic carbocycles. The lowest BCUT2D eigenvalue weighted by Crippen LogP contribution is -2.67. The van der Waals surface area contributed by atoms with E-state index >= 15 is 0 Å². The maximum atomic E-state index is 8.88. The molecular weight excluding hydrogens is 338 g/mol. The van der Waals surface area contributed by atoms with Gasteiger partial charge < -0.3 is 9.63 Å². The van der Waals surface area contributed by atoms with Crippen LogP contribution >= 0.6 is 0 Å². The number of hydrogen-bond acceptors (Lipinski definition) is 3. The van der Waals surface area contributed by atoms with Crippen LogP contribution in [0.5, 0.6) is 0 Å². The van der Waals surface area contributed by atoms with Gasteiger partial charge in [-0.3, -0.25) is 0 Å². The van der Waals surface area contributed by atoms with E-state index in [0.29, 0.717) is 6.42 Å². The highest BCUT2D eigenvalue weighted by Crippen LogP contribution is 2.37. The number of hydrogen-bond donors (Lipinski definition) is 1. The molecule has 0 spiro atoms. The van der Waals surface area contributed by atoms with Crippen molar-refractivity contribution in [1.29, 1.82) is 0 Å². The van der Waals surface area contributed by atoms with Crippen LogP contribution in [0.15, 0.2) is 78.0 Å².